The summed E-state index contributed by atoms with van der Waals surface area (Å²) in [4.78, 5) is 0. The summed E-state index contributed by atoms with van der Waals surface area (Å²) in [7, 11) is 0. The Morgan fingerprint density at radius 3 is 1.90 bits per heavy atom. The van der Waals surface area contributed by atoms with E-state index in [1.165, 1.54) is 75.3 Å². The predicted octanol–water partition coefficient (Wildman–Crippen LogP) is 6.31. The average Bonchev–Trinajstić information content (AvgIpc) is 2.45. The van der Waals surface area contributed by atoms with Crippen molar-refractivity contribution in [3.8, 4) is 5.75 Å². The molecule has 1 N–H and O–H groups in total. The first-order valence-corrected chi connectivity index (χ1v) is 8.68. The van der Waals surface area contributed by atoms with Crippen molar-refractivity contribution >= 4 is 5.57 Å². The molecule has 1 heteroatoms. The van der Waals surface area contributed by atoms with Gasteiger partial charge in [-0.1, -0.05) is 44.6 Å². The first-order valence-electron chi connectivity index (χ1n) is 8.68. The standard InChI is InChI=1S/C20H30O/c1-16-14-19(15-17(2)20(16)21)18-12-10-8-6-4-3-5-7-9-11-13-18/h12,14-15,21H,3-11,13H2,1-2H3. The molecule has 1 nitrogen and oxygen atoms in total. The van der Waals surface area contributed by atoms with Crippen LogP contribution in [-0.2, 0) is 0 Å². The molecule has 1 aromatic carbocycles. The smallest absolute Gasteiger partial charge is 0.121 e. The van der Waals surface area contributed by atoms with Crippen molar-refractivity contribution in [2.75, 3.05) is 0 Å². The van der Waals surface area contributed by atoms with Gasteiger partial charge in [0.2, 0.25) is 0 Å². The third-order valence-electron chi connectivity index (χ3n) is 4.65. The number of aromatic hydroxyl groups is 1. The Balaban J connectivity index is 2.16. The van der Waals surface area contributed by atoms with E-state index in [0.717, 1.165) is 11.1 Å². The Morgan fingerprint density at radius 2 is 1.29 bits per heavy atom. The highest BCUT2D eigenvalue weighted by atomic mass is 16.3. The van der Waals surface area contributed by atoms with Crippen LogP contribution in [0.1, 0.15) is 80.9 Å². The zero-order chi connectivity index (χ0) is 15.1. The molecule has 0 aromatic heterocycles. The molecule has 0 radical (unpaired) electrons. The zero-order valence-electron chi connectivity index (χ0n) is 13.8. The van der Waals surface area contributed by atoms with Gasteiger partial charge in [-0.3, -0.25) is 0 Å². The average molecular weight is 286 g/mol. The number of aryl methyl sites for hydroxylation is 2. The molecule has 0 bridgehead atoms. The first kappa shape index (κ1) is 16.1. The minimum atomic E-state index is 0.451. The van der Waals surface area contributed by atoms with Crippen LogP contribution in [0, 0.1) is 13.8 Å². The van der Waals surface area contributed by atoms with Crippen LogP contribution in [0.2, 0.25) is 0 Å². The predicted molar refractivity (Wildman–Crippen MR) is 91.7 cm³/mol. The molecule has 0 heterocycles. The lowest BCUT2D eigenvalue weighted by Crippen LogP contribution is -1.92. The Labute approximate surface area is 130 Å². The third kappa shape index (κ3) is 4.91. The molecule has 21 heavy (non-hydrogen) atoms. The van der Waals surface area contributed by atoms with Crippen molar-refractivity contribution in [3.05, 3.63) is 34.9 Å². The van der Waals surface area contributed by atoms with Crippen molar-refractivity contribution in [2.45, 2.75) is 78.1 Å². The van der Waals surface area contributed by atoms with E-state index in [1.807, 2.05) is 13.8 Å². The van der Waals surface area contributed by atoms with E-state index < -0.39 is 0 Å². The molecule has 0 fully saturated rings. The molecular formula is C20H30O. The fourth-order valence-corrected chi connectivity index (χ4v) is 3.30. The Morgan fingerprint density at radius 1 is 0.762 bits per heavy atom. The number of hydrogen-bond acceptors (Lipinski definition) is 1. The van der Waals surface area contributed by atoms with Crippen LogP contribution >= 0.6 is 0 Å². The number of allylic oxidation sites excluding steroid dienone is 2. The van der Waals surface area contributed by atoms with Crippen LogP contribution in [-0.4, -0.2) is 5.11 Å². The molecule has 1 aliphatic carbocycles. The minimum Gasteiger partial charge on any atom is -0.507 e. The van der Waals surface area contributed by atoms with Crippen LogP contribution in [0.4, 0.5) is 0 Å². The Kier molecular flexibility index (Phi) is 6.35. The summed E-state index contributed by atoms with van der Waals surface area (Å²) in [5, 5.41) is 9.96. The first-order chi connectivity index (χ1) is 10.2. The van der Waals surface area contributed by atoms with Crippen molar-refractivity contribution in [1.29, 1.82) is 0 Å². The van der Waals surface area contributed by atoms with E-state index in [0.29, 0.717) is 5.75 Å². The van der Waals surface area contributed by atoms with E-state index in [1.54, 1.807) is 0 Å². The van der Waals surface area contributed by atoms with Crippen LogP contribution in [0.15, 0.2) is 18.2 Å². The summed E-state index contributed by atoms with van der Waals surface area (Å²) < 4.78 is 0. The summed E-state index contributed by atoms with van der Waals surface area (Å²) >= 11 is 0. The maximum absolute atomic E-state index is 9.96. The van der Waals surface area contributed by atoms with Gasteiger partial charge < -0.3 is 5.11 Å². The van der Waals surface area contributed by atoms with Gasteiger partial charge in [0.1, 0.15) is 5.75 Å². The van der Waals surface area contributed by atoms with E-state index in [4.69, 9.17) is 0 Å². The molecule has 116 valence electrons. The molecule has 0 amide bonds. The van der Waals surface area contributed by atoms with Gasteiger partial charge in [-0.15, -0.1) is 0 Å². The fraction of sp³-hybridized carbons (Fsp3) is 0.600. The number of phenolic OH excluding ortho intramolecular Hbond substituents is 1. The topological polar surface area (TPSA) is 20.2 Å². The van der Waals surface area contributed by atoms with Gasteiger partial charge in [0.05, 0.1) is 0 Å². The highest BCUT2D eigenvalue weighted by molar-refractivity contribution is 5.68. The molecule has 1 aromatic rings. The lowest BCUT2D eigenvalue weighted by molar-refractivity contribution is 0.467. The minimum absolute atomic E-state index is 0.451. The molecule has 1 aliphatic rings. The zero-order valence-corrected chi connectivity index (χ0v) is 13.8. The Bertz CT molecular complexity index is 462. The molecule has 0 saturated carbocycles. The second-order valence-corrected chi connectivity index (χ2v) is 6.56. The van der Waals surface area contributed by atoms with Gasteiger partial charge in [0.15, 0.2) is 0 Å². The second kappa shape index (κ2) is 8.26. The lowest BCUT2D eigenvalue weighted by atomic mass is 9.93. The van der Waals surface area contributed by atoms with Crippen molar-refractivity contribution < 1.29 is 5.11 Å². The summed E-state index contributed by atoms with van der Waals surface area (Å²) in [5.41, 5.74) is 4.80. The van der Waals surface area contributed by atoms with Gasteiger partial charge in [0, 0.05) is 0 Å². The number of phenols is 1. The van der Waals surface area contributed by atoms with Gasteiger partial charge in [0.25, 0.3) is 0 Å². The maximum Gasteiger partial charge on any atom is 0.121 e. The number of hydrogen-bond donors (Lipinski definition) is 1. The normalized spacial score (nSPS) is 18.5. The molecule has 0 spiro atoms. The molecule has 0 aliphatic heterocycles. The maximum atomic E-state index is 9.96. The number of rotatable bonds is 1. The van der Waals surface area contributed by atoms with Crippen molar-refractivity contribution in [2.24, 2.45) is 0 Å². The van der Waals surface area contributed by atoms with E-state index in [2.05, 4.69) is 18.2 Å². The largest absolute Gasteiger partial charge is 0.507 e. The molecule has 0 unspecified atom stereocenters. The van der Waals surface area contributed by atoms with Gasteiger partial charge >= 0.3 is 0 Å². The van der Waals surface area contributed by atoms with E-state index in [-0.39, 0.29) is 0 Å². The molecule has 2 rings (SSSR count). The van der Waals surface area contributed by atoms with Crippen molar-refractivity contribution in [1.82, 2.24) is 0 Å². The van der Waals surface area contributed by atoms with Crippen LogP contribution in [0.3, 0.4) is 0 Å². The second-order valence-electron chi connectivity index (χ2n) is 6.56. The lowest BCUT2D eigenvalue weighted by Gasteiger charge is -2.13. The third-order valence-corrected chi connectivity index (χ3v) is 4.65. The molecular weight excluding hydrogens is 256 g/mol. The van der Waals surface area contributed by atoms with E-state index in [9.17, 15) is 5.11 Å². The Hall–Kier alpha value is -1.24. The highest BCUT2D eigenvalue weighted by Crippen LogP contribution is 2.30. The summed E-state index contributed by atoms with van der Waals surface area (Å²) in [6.45, 7) is 4.00. The summed E-state index contributed by atoms with van der Waals surface area (Å²) in [6.07, 6.45) is 15.8. The van der Waals surface area contributed by atoms with Crippen LogP contribution in [0.5, 0.6) is 5.75 Å². The molecule has 0 atom stereocenters. The van der Waals surface area contributed by atoms with Gasteiger partial charge in [-0.25, -0.2) is 0 Å². The van der Waals surface area contributed by atoms with Crippen LogP contribution in [0.25, 0.3) is 5.57 Å². The fourth-order valence-electron chi connectivity index (χ4n) is 3.30. The quantitative estimate of drug-likeness (QED) is 0.641. The monoisotopic (exact) mass is 286 g/mol. The van der Waals surface area contributed by atoms with Gasteiger partial charge in [-0.2, -0.15) is 0 Å². The summed E-state index contributed by atoms with van der Waals surface area (Å²) in [5.74, 6) is 0.451. The van der Waals surface area contributed by atoms with Crippen LogP contribution < -0.4 is 0 Å². The molecule has 0 saturated heterocycles. The van der Waals surface area contributed by atoms with E-state index >= 15 is 0 Å². The number of benzene rings is 1. The SMILES string of the molecule is Cc1cc(C2=CCCCCCCCCCC2)cc(C)c1O. The highest BCUT2D eigenvalue weighted by Gasteiger charge is 2.08. The summed E-state index contributed by atoms with van der Waals surface area (Å²) in [6, 6.07) is 4.31. The van der Waals surface area contributed by atoms with Gasteiger partial charge in [-0.05, 0) is 73.9 Å². The van der Waals surface area contributed by atoms with Crippen molar-refractivity contribution in [3.63, 3.8) is 0 Å².